The third kappa shape index (κ3) is 3.67. The van der Waals surface area contributed by atoms with Crippen molar-refractivity contribution in [3.05, 3.63) is 76.1 Å². The molecule has 0 saturated heterocycles. The van der Waals surface area contributed by atoms with Gasteiger partial charge in [0.05, 0.1) is 5.52 Å². The van der Waals surface area contributed by atoms with Gasteiger partial charge in [-0.1, -0.05) is 18.2 Å². The molecule has 1 aromatic heterocycles. The summed E-state index contributed by atoms with van der Waals surface area (Å²) >= 11 is 0. The molecule has 1 fully saturated rings. The predicted octanol–water partition coefficient (Wildman–Crippen LogP) is 4.52. The second-order valence-electron chi connectivity index (χ2n) is 7.93. The van der Waals surface area contributed by atoms with Gasteiger partial charge in [-0.25, -0.2) is 0 Å². The molecule has 3 aromatic rings. The van der Waals surface area contributed by atoms with E-state index in [0.717, 1.165) is 35.0 Å². The van der Waals surface area contributed by atoms with Crippen molar-refractivity contribution in [2.24, 2.45) is 0 Å². The summed E-state index contributed by atoms with van der Waals surface area (Å²) in [6.07, 6.45) is 2.67. The van der Waals surface area contributed by atoms with Crippen LogP contribution in [0.1, 0.15) is 54.4 Å². The van der Waals surface area contributed by atoms with Crippen LogP contribution in [-0.4, -0.2) is 23.3 Å². The number of Topliss-reactive ketones (excluding diaryl/α,β-unsaturated/α-hetero) is 1. The lowest BCUT2D eigenvalue weighted by molar-refractivity contribution is -0.120. The summed E-state index contributed by atoms with van der Waals surface area (Å²) < 4.78 is 1.76. The molecule has 0 spiro atoms. The fourth-order valence-electron chi connectivity index (χ4n) is 4.41. The van der Waals surface area contributed by atoms with Crippen LogP contribution in [0.2, 0.25) is 0 Å². The molecular weight excluding hydrogens is 376 g/mol. The maximum absolute atomic E-state index is 12.9. The molecular formula is C25H26N2O3. The fraction of sp³-hybridized carbons (Fsp3) is 0.320. The third-order valence-electron chi connectivity index (χ3n) is 6.14. The fourth-order valence-corrected chi connectivity index (χ4v) is 4.41. The molecule has 1 heterocycles. The standard InChI is InChI=1S/C25H26N2O3/c1-3-27-23-14-11-19(26(2)25(30)18-7-5-4-6-8-18)15-22(23)21(16-24(27)29)17-9-12-20(28)13-10-17/h4-8,11,14-17H,3,9-10,12-13H2,1-2H3. The number of hydrogen-bond donors (Lipinski definition) is 0. The number of nitrogens with zero attached hydrogens (tertiary/aromatic N) is 2. The van der Waals surface area contributed by atoms with Crippen molar-refractivity contribution in [1.82, 2.24) is 4.57 Å². The van der Waals surface area contributed by atoms with Gasteiger partial charge in [0.2, 0.25) is 0 Å². The van der Waals surface area contributed by atoms with E-state index < -0.39 is 0 Å². The van der Waals surface area contributed by atoms with E-state index in [-0.39, 0.29) is 17.4 Å². The Hall–Kier alpha value is -3.21. The summed E-state index contributed by atoms with van der Waals surface area (Å²) in [5.74, 6) is 0.407. The van der Waals surface area contributed by atoms with Crippen molar-refractivity contribution in [2.75, 3.05) is 11.9 Å². The van der Waals surface area contributed by atoms with Gasteiger partial charge in [0, 0.05) is 49.1 Å². The first-order chi connectivity index (χ1) is 14.5. The van der Waals surface area contributed by atoms with Crippen molar-refractivity contribution in [3.63, 3.8) is 0 Å². The lowest BCUT2D eigenvalue weighted by Gasteiger charge is -2.25. The highest BCUT2D eigenvalue weighted by molar-refractivity contribution is 6.06. The lowest BCUT2D eigenvalue weighted by Crippen LogP contribution is -2.26. The first kappa shape index (κ1) is 20.1. The number of ketones is 1. The normalized spacial score (nSPS) is 14.8. The van der Waals surface area contributed by atoms with Gasteiger partial charge in [-0.3, -0.25) is 14.4 Å². The monoisotopic (exact) mass is 402 g/mol. The number of aromatic nitrogens is 1. The highest BCUT2D eigenvalue weighted by atomic mass is 16.2. The van der Waals surface area contributed by atoms with Crippen LogP contribution in [0.15, 0.2) is 59.4 Å². The molecule has 1 aliphatic carbocycles. The largest absolute Gasteiger partial charge is 0.311 e. The average molecular weight is 402 g/mol. The first-order valence-electron chi connectivity index (χ1n) is 10.5. The van der Waals surface area contributed by atoms with E-state index >= 15 is 0 Å². The molecule has 0 aliphatic heterocycles. The van der Waals surface area contributed by atoms with Crippen molar-refractivity contribution < 1.29 is 9.59 Å². The van der Waals surface area contributed by atoms with Crippen LogP contribution in [0.5, 0.6) is 0 Å². The van der Waals surface area contributed by atoms with Crippen LogP contribution in [-0.2, 0) is 11.3 Å². The van der Waals surface area contributed by atoms with Crippen molar-refractivity contribution in [1.29, 1.82) is 0 Å². The minimum atomic E-state index is -0.0800. The number of anilines is 1. The maximum Gasteiger partial charge on any atom is 0.258 e. The lowest BCUT2D eigenvalue weighted by atomic mass is 9.82. The van der Waals surface area contributed by atoms with Crippen molar-refractivity contribution in [2.45, 2.75) is 45.1 Å². The maximum atomic E-state index is 12.9. The van der Waals surface area contributed by atoms with Crippen LogP contribution in [0.4, 0.5) is 5.69 Å². The molecule has 30 heavy (non-hydrogen) atoms. The van der Waals surface area contributed by atoms with Crippen LogP contribution in [0.25, 0.3) is 10.9 Å². The Labute approximate surface area is 175 Å². The van der Waals surface area contributed by atoms with E-state index in [2.05, 4.69) is 0 Å². The van der Waals surface area contributed by atoms with E-state index in [1.165, 1.54) is 0 Å². The van der Waals surface area contributed by atoms with Gasteiger partial charge in [0.1, 0.15) is 5.78 Å². The number of pyridine rings is 1. The van der Waals surface area contributed by atoms with Gasteiger partial charge in [-0.15, -0.1) is 0 Å². The number of fused-ring (bicyclic) bond motifs is 1. The Kier molecular flexibility index (Phi) is 5.53. The molecule has 0 radical (unpaired) electrons. The molecule has 1 amide bonds. The van der Waals surface area contributed by atoms with Crippen molar-refractivity contribution in [3.8, 4) is 0 Å². The third-order valence-corrected chi connectivity index (χ3v) is 6.14. The zero-order chi connectivity index (χ0) is 21.3. The minimum absolute atomic E-state index is 0.0154. The molecule has 0 unspecified atom stereocenters. The SMILES string of the molecule is CCn1c(=O)cc(C2CCC(=O)CC2)c2cc(N(C)C(=O)c3ccccc3)ccc21. The number of carbonyl (C=O) groups is 2. The van der Waals surface area contributed by atoms with E-state index in [0.29, 0.717) is 30.7 Å². The number of aryl methyl sites for hydroxylation is 1. The summed E-state index contributed by atoms with van der Waals surface area (Å²) in [4.78, 5) is 39.0. The number of rotatable bonds is 4. The molecule has 5 heteroatoms. The molecule has 4 rings (SSSR count). The summed E-state index contributed by atoms with van der Waals surface area (Å²) in [6, 6.07) is 16.8. The molecule has 5 nitrogen and oxygen atoms in total. The quantitative estimate of drug-likeness (QED) is 0.644. The van der Waals surface area contributed by atoms with E-state index in [1.807, 2.05) is 43.3 Å². The predicted molar refractivity (Wildman–Crippen MR) is 119 cm³/mol. The molecule has 1 aliphatic rings. The Morgan fingerprint density at radius 2 is 1.73 bits per heavy atom. The molecule has 0 bridgehead atoms. The molecule has 1 saturated carbocycles. The van der Waals surface area contributed by atoms with Gasteiger partial charge >= 0.3 is 0 Å². The Morgan fingerprint density at radius 3 is 2.40 bits per heavy atom. The zero-order valence-corrected chi connectivity index (χ0v) is 17.4. The zero-order valence-electron chi connectivity index (χ0n) is 17.4. The second-order valence-corrected chi connectivity index (χ2v) is 7.93. The highest BCUT2D eigenvalue weighted by Gasteiger charge is 2.24. The van der Waals surface area contributed by atoms with E-state index in [9.17, 15) is 14.4 Å². The number of benzene rings is 2. The Morgan fingerprint density at radius 1 is 1.03 bits per heavy atom. The number of hydrogen-bond acceptors (Lipinski definition) is 3. The van der Waals surface area contributed by atoms with Crippen LogP contribution < -0.4 is 10.5 Å². The van der Waals surface area contributed by atoms with Crippen molar-refractivity contribution >= 4 is 28.3 Å². The van der Waals surface area contributed by atoms with Gasteiger partial charge in [-0.05, 0) is 61.6 Å². The minimum Gasteiger partial charge on any atom is -0.311 e. The molecule has 2 aromatic carbocycles. The van der Waals surface area contributed by atoms with Gasteiger partial charge < -0.3 is 9.47 Å². The smallest absolute Gasteiger partial charge is 0.258 e. The summed E-state index contributed by atoms with van der Waals surface area (Å²) in [5, 5.41) is 0.987. The Bertz CT molecular complexity index is 1150. The number of carbonyl (C=O) groups excluding carboxylic acids is 2. The van der Waals surface area contributed by atoms with Gasteiger partial charge in [0.15, 0.2) is 0 Å². The second kappa shape index (κ2) is 8.27. The molecule has 0 N–H and O–H groups in total. The summed E-state index contributed by atoms with van der Waals surface area (Å²) in [5.41, 5.74) is 3.27. The highest BCUT2D eigenvalue weighted by Crippen LogP contribution is 2.36. The van der Waals surface area contributed by atoms with Gasteiger partial charge in [0.25, 0.3) is 11.5 Å². The topological polar surface area (TPSA) is 59.4 Å². The number of amides is 1. The molecule has 154 valence electrons. The molecule has 0 atom stereocenters. The van der Waals surface area contributed by atoms with Crippen LogP contribution in [0, 0.1) is 0 Å². The Balaban J connectivity index is 1.81. The van der Waals surface area contributed by atoms with Crippen LogP contribution in [0.3, 0.4) is 0 Å². The first-order valence-corrected chi connectivity index (χ1v) is 10.5. The van der Waals surface area contributed by atoms with Gasteiger partial charge in [-0.2, -0.15) is 0 Å². The average Bonchev–Trinajstić information content (AvgIpc) is 2.78. The van der Waals surface area contributed by atoms with E-state index in [4.69, 9.17) is 0 Å². The summed E-state index contributed by atoms with van der Waals surface area (Å²) in [7, 11) is 1.77. The van der Waals surface area contributed by atoms with E-state index in [1.54, 1.807) is 34.7 Å². The van der Waals surface area contributed by atoms with Crippen LogP contribution >= 0.6 is 0 Å². The summed E-state index contributed by atoms with van der Waals surface area (Å²) in [6.45, 7) is 2.54.